The van der Waals surface area contributed by atoms with Crippen LogP contribution in [-0.2, 0) is 12.6 Å². The fourth-order valence-electron chi connectivity index (χ4n) is 1.77. The first-order valence-electron chi connectivity index (χ1n) is 5.96. The van der Waals surface area contributed by atoms with E-state index in [4.69, 9.17) is 0 Å². The van der Waals surface area contributed by atoms with Crippen LogP contribution in [0.2, 0.25) is 0 Å². The molecule has 0 saturated carbocycles. The van der Waals surface area contributed by atoms with E-state index in [1.807, 2.05) is 20.8 Å². The number of halogens is 3. The van der Waals surface area contributed by atoms with Gasteiger partial charge in [0.2, 0.25) is 0 Å². The van der Waals surface area contributed by atoms with Crippen LogP contribution in [0.5, 0.6) is 0 Å². The summed E-state index contributed by atoms with van der Waals surface area (Å²) < 4.78 is 37.8. The Bertz CT molecular complexity index is 398. The maximum atomic E-state index is 12.6. The van der Waals surface area contributed by atoms with E-state index in [2.05, 4.69) is 0 Å². The highest BCUT2D eigenvalue weighted by Crippen LogP contribution is 2.34. The highest BCUT2D eigenvalue weighted by molar-refractivity contribution is 5.26. The summed E-state index contributed by atoms with van der Waals surface area (Å²) in [5, 5.41) is 9.42. The normalized spacial score (nSPS) is 15.8. The van der Waals surface area contributed by atoms with Crippen molar-refractivity contribution in [3.8, 4) is 0 Å². The van der Waals surface area contributed by atoms with Crippen LogP contribution in [0.4, 0.5) is 13.2 Å². The Labute approximate surface area is 106 Å². The van der Waals surface area contributed by atoms with Crippen molar-refractivity contribution in [3.05, 3.63) is 35.4 Å². The number of alkyl halides is 3. The second-order valence-corrected chi connectivity index (χ2v) is 5.34. The molecule has 0 spiro atoms. The lowest BCUT2D eigenvalue weighted by molar-refractivity contribution is -0.137. The maximum Gasteiger partial charge on any atom is 0.416 e. The average Bonchev–Trinajstić information content (AvgIpc) is 2.28. The number of hydrogen-bond donors (Lipinski definition) is 1. The van der Waals surface area contributed by atoms with Gasteiger partial charge in [0.05, 0.1) is 5.56 Å². The molecule has 1 atom stereocenters. The van der Waals surface area contributed by atoms with E-state index < -0.39 is 17.2 Å². The molecule has 102 valence electrons. The van der Waals surface area contributed by atoms with Crippen molar-refractivity contribution in [3.63, 3.8) is 0 Å². The number of rotatable bonds is 4. The molecule has 0 fully saturated rings. The number of hydrogen-bond acceptors (Lipinski definition) is 1. The summed E-state index contributed by atoms with van der Waals surface area (Å²) in [5.41, 5.74) is -0.427. The zero-order valence-corrected chi connectivity index (χ0v) is 10.9. The molecule has 0 bridgehead atoms. The van der Waals surface area contributed by atoms with Gasteiger partial charge in [0, 0.05) is 6.61 Å². The number of aliphatic hydroxyl groups is 1. The average molecular weight is 260 g/mol. The van der Waals surface area contributed by atoms with Crippen molar-refractivity contribution < 1.29 is 18.3 Å². The quantitative estimate of drug-likeness (QED) is 0.870. The number of benzene rings is 1. The first kappa shape index (κ1) is 15.0. The van der Waals surface area contributed by atoms with Crippen molar-refractivity contribution in [1.29, 1.82) is 0 Å². The fraction of sp³-hybridized carbons (Fsp3) is 0.571. The molecule has 0 radical (unpaired) electrons. The fourth-order valence-corrected chi connectivity index (χ4v) is 1.77. The van der Waals surface area contributed by atoms with E-state index in [0.717, 1.165) is 12.1 Å². The summed E-state index contributed by atoms with van der Waals surface area (Å²) in [6.07, 6.45) is -3.88. The third-order valence-electron chi connectivity index (χ3n) is 3.62. The molecular formula is C14H19F3O. The Morgan fingerprint density at radius 2 is 1.83 bits per heavy atom. The first-order valence-corrected chi connectivity index (χ1v) is 5.96. The Kier molecular flexibility index (Phi) is 4.43. The minimum Gasteiger partial charge on any atom is -0.396 e. The van der Waals surface area contributed by atoms with Crippen LogP contribution < -0.4 is 0 Å². The molecule has 0 aliphatic rings. The lowest BCUT2D eigenvalue weighted by atomic mass is 9.75. The standard InChI is InChI=1S/C14H19F3O/c1-10(2)13(3,9-18)8-11-5-4-6-12(7-11)14(15,16)17/h4-7,10,18H,8-9H2,1-3H3. The van der Waals surface area contributed by atoms with E-state index >= 15 is 0 Å². The lowest BCUT2D eigenvalue weighted by Crippen LogP contribution is -2.30. The van der Waals surface area contributed by atoms with Crippen LogP contribution in [0.3, 0.4) is 0 Å². The Balaban J connectivity index is 2.98. The van der Waals surface area contributed by atoms with E-state index in [1.165, 1.54) is 6.07 Å². The molecular weight excluding hydrogens is 241 g/mol. The SMILES string of the molecule is CC(C)C(C)(CO)Cc1cccc(C(F)(F)F)c1. The summed E-state index contributed by atoms with van der Waals surface area (Å²) in [5.74, 6) is 0.192. The van der Waals surface area contributed by atoms with Crippen molar-refractivity contribution in [1.82, 2.24) is 0 Å². The first-order chi connectivity index (χ1) is 8.19. The van der Waals surface area contributed by atoms with Gasteiger partial charge in [-0.25, -0.2) is 0 Å². The minimum atomic E-state index is -4.32. The second kappa shape index (κ2) is 5.31. The topological polar surface area (TPSA) is 20.2 Å². The van der Waals surface area contributed by atoms with Gasteiger partial charge in [-0.2, -0.15) is 13.2 Å². The van der Waals surface area contributed by atoms with Crippen molar-refractivity contribution in [2.75, 3.05) is 6.61 Å². The molecule has 1 aromatic rings. The van der Waals surface area contributed by atoms with Crippen molar-refractivity contribution in [2.45, 2.75) is 33.4 Å². The molecule has 0 amide bonds. The van der Waals surface area contributed by atoms with Crippen LogP contribution in [0.15, 0.2) is 24.3 Å². The third kappa shape index (κ3) is 3.48. The van der Waals surface area contributed by atoms with Gasteiger partial charge >= 0.3 is 6.18 Å². The van der Waals surface area contributed by atoms with E-state index in [1.54, 1.807) is 6.07 Å². The maximum absolute atomic E-state index is 12.6. The number of aliphatic hydroxyl groups excluding tert-OH is 1. The predicted octanol–water partition coefficient (Wildman–Crippen LogP) is 3.90. The highest BCUT2D eigenvalue weighted by Gasteiger charge is 2.32. The van der Waals surface area contributed by atoms with Gasteiger partial charge in [-0.15, -0.1) is 0 Å². The Morgan fingerprint density at radius 1 is 1.22 bits per heavy atom. The van der Waals surface area contributed by atoms with Crippen molar-refractivity contribution >= 4 is 0 Å². The Hall–Kier alpha value is -1.03. The third-order valence-corrected chi connectivity index (χ3v) is 3.62. The smallest absolute Gasteiger partial charge is 0.396 e. The lowest BCUT2D eigenvalue weighted by Gasteiger charge is -2.32. The molecule has 0 saturated heterocycles. The molecule has 1 rings (SSSR count). The van der Waals surface area contributed by atoms with E-state index in [-0.39, 0.29) is 12.5 Å². The van der Waals surface area contributed by atoms with E-state index in [0.29, 0.717) is 12.0 Å². The molecule has 18 heavy (non-hydrogen) atoms. The molecule has 0 aromatic heterocycles. The summed E-state index contributed by atoms with van der Waals surface area (Å²) in [4.78, 5) is 0. The summed E-state index contributed by atoms with van der Waals surface area (Å²) in [6, 6.07) is 5.31. The molecule has 4 heteroatoms. The minimum absolute atomic E-state index is 0.0408. The largest absolute Gasteiger partial charge is 0.416 e. The molecule has 1 aromatic carbocycles. The Morgan fingerprint density at radius 3 is 2.28 bits per heavy atom. The zero-order valence-electron chi connectivity index (χ0n) is 10.9. The van der Waals surface area contributed by atoms with Gasteiger partial charge < -0.3 is 5.11 Å². The van der Waals surface area contributed by atoms with Gasteiger partial charge in [-0.3, -0.25) is 0 Å². The van der Waals surface area contributed by atoms with Crippen molar-refractivity contribution in [2.24, 2.45) is 11.3 Å². The molecule has 0 aliphatic heterocycles. The molecule has 0 aliphatic carbocycles. The molecule has 1 unspecified atom stereocenters. The van der Waals surface area contributed by atoms with Gasteiger partial charge in [0.25, 0.3) is 0 Å². The molecule has 1 N–H and O–H groups in total. The van der Waals surface area contributed by atoms with Crippen LogP contribution in [-0.4, -0.2) is 11.7 Å². The summed E-state index contributed by atoms with van der Waals surface area (Å²) in [6.45, 7) is 5.77. The van der Waals surface area contributed by atoms with E-state index in [9.17, 15) is 18.3 Å². The van der Waals surface area contributed by atoms with Gasteiger partial charge in [0.15, 0.2) is 0 Å². The molecule has 0 heterocycles. The van der Waals surface area contributed by atoms with Gasteiger partial charge in [-0.1, -0.05) is 39.0 Å². The van der Waals surface area contributed by atoms with Gasteiger partial charge in [0.1, 0.15) is 0 Å². The van der Waals surface area contributed by atoms with Gasteiger partial charge in [-0.05, 0) is 29.4 Å². The molecule has 1 nitrogen and oxygen atoms in total. The summed E-state index contributed by atoms with van der Waals surface area (Å²) in [7, 11) is 0. The van der Waals surface area contributed by atoms with Crippen LogP contribution >= 0.6 is 0 Å². The van der Waals surface area contributed by atoms with Crippen LogP contribution in [0, 0.1) is 11.3 Å². The van der Waals surface area contributed by atoms with Crippen LogP contribution in [0.1, 0.15) is 31.9 Å². The monoisotopic (exact) mass is 260 g/mol. The summed E-state index contributed by atoms with van der Waals surface area (Å²) >= 11 is 0. The predicted molar refractivity (Wildman–Crippen MR) is 65.2 cm³/mol. The highest BCUT2D eigenvalue weighted by atomic mass is 19.4. The zero-order chi connectivity index (χ0) is 14.0. The van der Waals surface area contributed by atoms with Crippen LogP contribution in [0.25, 0.3) is 0 Å². The second-order valence-electron chi connectivity index (χ2n) is 5.34.